The summed E-state index contributed by atoms with van der Waals surface area (Å²) >= 11 is 0. The second-order valence-corrected chi connectivity index (χ2v) is 16.2. The molecule has 10 aromatic carbocycles. The average molecular weight is 613 g/mol. The first-order valence-electron chi connectivity index (χ1n) is 18.4. The smallest absolute Gasteiger partial charge is 0.000409 e. The molecular weight excluding hydrogens is 577 g/mol. The maximum Gasteiger partial charge on any atom is -0.000409 e. The van der Waals surface area contributed by atoms with E-state index in [1.807, 2.05) is 0 Å². The number of hydrogen-bond acceptors (Lipinski definition) is 0. The fraction of sp³-hybridized carbons (Fsp3) is 0.250. The highest BCUT2D eigenvalue weighted by Crippen LogP contribution is 2.58. The molecule has 0 N–H and O–H groups in total. The van der Waals surface area contributed by atoms with Crippen molar-refractivity contribution in [3.63, 3.8) is 0 Å². The van der Waals surface area contributed by atoms with Gasteiger partial charge in [-0.1, -0.05) is 47.5 Å². The zero-order valence-electron chi connectivity index (χ0n) is 28.7. The highest BCUT2D eigenvalue weighted by Gasteiger charge is 2.35. The van der Waals surface area contributed by atoms with Crippen LogP contribution < -0.4 is 10.4 Å². The van der Waals surface area contributed by atoms with Gasteiger partial charge in [0.15, 0.2) is 0 Å². The van der Waals surface area contributed by atoms with Gasteiger partial charge in [0.05, 0.1) is 0 Å². The van der Waals surface area contributed by atoms with E-state index >= 15 is 0 Å². The van der Waals surface area contributed by atoms with Crippen molar-refractivity contribution in [1.29, 1.82) is 0 Å². The monoisotopic (exact) mass is 612 g/mol. The fourth-order valence-electron chi connectivity index (χ4n) is 12.7. The van der Waals surface area contributed by atoms with Gasteiger partial charge in [0, 0.05) is 0 Å². The molecule has 0 spiro atoms. The minimum atomic E-state index is 1.17. The van der Waals surface area contributed by atoms with Crippen LogP contribution in [0, 0.1) is 27.7 Å². The summed E-state index contributed by atoms with van der Waals surface area (Å²) < 4.78 is 0. The predicted octanol–water partition coefficient (Wildman–Crippen LogP) is 11.4. The first kappa shape index (κ1) is 25.4. The first-order chi connectivity index (χ1) is 23.4. The molecule has 48 heavy (non-hydrogen) atoms. The maximum atomic E-state index is 2.51. The van der Waals surface area contributed by atoms with Crippen LogP contribution in [-0.2, 0) is 25.7 Å². The summed E-state index contributed by atoms with van der Waals surface area (Å²) in [6.07, 6.45) is 7.07. The lowest BCUT2D eigenvalue weighted by molar-refractivity contribution is 0.891. The van der Waals surface area contributed by atoms with Crippen molar-refractivity contribution in [3.8, 4) is 0 Å². The summed E-state index contributed by atoms with van der Waals surface area (Å²) in [6, 6.07) is 14.8. The number of hydrogen-bond donors (Lipinski definition) is 0. The molecule has 0 fully saturated rings. The van der Waals surface area contributed by atoms with Crippen LogP contribution in [0.2, 0.25) is 0 Å². The molecule has 3 aliphatic carbocycles. The molecule has 0 heterocycles. The van der Waals surface area contributed by atoms with E-state index in [0.717, 1.165) is 0 Å². The Bertz CT molecular complexity index is 3140. The van der Waals surface area contributed by atoms with Gasteiger partial charge < -0.3 is 0 Å². The third-order valence-electron chi connectivity index (χ3n) is 14.3. The van der Waals surface area contributed by atoms with Crippen molar-refractivity contribution < 1.29 is 0 Å². The summed E-state index contributed by atoms with van der Waals surface area (Å²) in [4.78, 5) is 0. The third-order valence-corrected chi connectivity index (χ3v) is 14.3. The second kappa shape index (κ2) is 7.63. The molecule has 0 radical (unpaired) electrons. The molecule has 0 bridgehead atoms. The Balaban J connectivity index is 1.52. The number of aryl methyl sites for hydroxylation is 8. The number of benzene rings is 10. The number of rotatable bonds is 0. The number of fused-ring (bicyclic) bond motifs is 4. The van der Waals surface area contributed by atoms with Gasteiger partial charge in [-0.2, -0.15) is 0 Å². The largest absolute Gasteiger partial charge is 0.0648 e. The van der Waals surface area contributed by atoms with E-state index in [9.17, 15) is 0 Å². The van der Waals surface area contributed by atoms with Crippen molar-refractivity contribution in [2.45, 2.75) is 80.1 Å². The van der Waals surface area contributed by atoms with Crippen LogP contribution in [0.5, 0.6) is 0 Å². The molecule has 0 heteroatoms. The molecule has 13 rings (SSSR count). The maximum absolute atomic E-state index is 2.51. The Labute approximate surface area is 278 Å². The molecule has 0 atom stereocenters. The molecule has 0 amide bonds. The van der Waals surface area contributed by atoms with Crippen LogP contribution in [0.25, 0.3) is 108 Å². The standard InChI is InChI=1S/C48H36/c1-19-7-11-25-29-15-16-31-27-13-9-21(3)35-24(6)36-22(4)10-14-28-32-18-17-30-26-12-8-20(2)34-23(5)33(19)37(25)45(38(26)34)47-41(29)43(31)48(44(32)42(30)47)46(39(27)35)40(28)36/h7,9,11,13,15-16H,8,10,12,14,17-18H2,1-6H3. The van der Waals surface area contributed by atoms with Crippen molar-refractivity contribution >= 4 is 108 Å². The van der Waals surface area contributed by atoms with Crippen LogP contribution in [0.3, 0.4) is 0 Å². The van der Waals surface area contributed by atoms with Gasteiger partial charge in [-0.25, -0.2) is 0 Å². The fourth-order valence-corrected chi connectivity index (χ4v) is 12.7. The Hall–Kier alpha value is -4.68. The topological polar surface area (TPSA) is 0 Å². The van der Waals surface area contributed by atoms with Crippen molar-refractivity contribution in [2.24, 2.45) is 0 Å². The SMILES string of the molecule is CC1=c2c(C)c3c(C)ccc4c5ccc6c7ccc(C)c8c(C)c9c%10c(c%11c%12c%13c(c(c2c(c34)c%13c5c6c%12c%10c87)CC1)CC%11)CCC=9C. The van der Waals surface area contributed by atoms with E-state index in [2.05, 4.69) is 77.9 Å². The van der Waals surface area contributed by atoms with E-state index in [1.54, 1.807) is 97.7 Å². The van der Waals surface area contributed by atoms with Gasteiger partial charge in [0.2, 0.25) is 0 Å². The third kappa shape index (κ3) is 2.34. The van der Waals surface area contributed by atoms with Gasteiger partial charge in [-0.05, 0) is 232 Å². The minimum absolute atomic E-state index is 1.17. The lowest BCUT2D eigenvalue weighted by atomic mass is 9.68. The molecule has 0 nitrogen and oxygen atoms in total. The highest BCUT2D eigenvalue weighted by molar-refractivity contribution is 6.53. The molecule has 0 aliphatic heterocycles. The van der Waals surface area contributed by atoms with E-state index in [-0.39, 0.29) is 0 Å². The van der Waals surface area contributed by atoms with Gasteiger partial charge in [0.1, 0.15) is 0 Å². The zero-order valence-corrected chi connectivity index (χ0v) is 28.7. The Morgan fingerprint density at radius 3 is 1.02 bits per heavy atom. The molecule has 3 aliphatic rings. The molecule has 0 unspecified atom stereocenters. The normalized spacial score (nSPS) is 16.4. The van der Waals surface area contributed by atoms with Crippen molar-refractivity contribution in [2.75, 3.05) is 0 Å². The first-order valence-corrected chi connectivity index (χ1v) is 18.4. The van der Waals surface area contributed by atoms with Gasteiger partial charge in [-0.3, -0.25) is 0 Å². The summed E-state index contributed by atoms with van der Waals surface area (Å²) in [5.41, 5.74) is 15.8. The lowest BCUT2D eigenvalue weighted by Gasteiger charge is -2.34. The lowest BCUT2D eigenvalue weighted by Crippen LogP contribution is -2.23. The molecule has 0 saturated carbocycles. The highest BCUT2D eigenvalue weighted by atomic mass is 14.4. The van der Waals surface area contributed by atoms with Crippen molar-refractivity contribution in [3.05, 3.63) is 91.3 Å². The second-order valence-electron chi connectivity index (χ2n) is 16.2. The minimum Gasteiger partial charge on any atom is -0.0648 e. The summed E-state index contributed by atoms with van der Waals surface area (Å²) in [5, 5.41) is 31.0. The Kier molecular flexibility index (Phi) is 4.03. The average Bonchev–Trinajstić information content (AvgIpc) is 3.08. The molecule has 0 aromatic heterocycles. The van der Waals surface area contributed by atoms with Crippen molar-refractivity contribution in [1.82, 2.24) is 0 Å². The van der Waals surface area contributed by atoms with Gasteiger partial charge >= 0.3 is 0 Å². The summed E-state index contributed by atoms with van der Waals surface area (Å²) in [6.45, 7) is 14.4. The van der Waals surface area contributed by atoms with Crippen LogP contribution in [0.1, 0.15) is 71.2 Å². The molecule has 228 valence electrons. The van der Waals surface area contributed by atoms with E-state index in [4.69, 9.17) is 0 Å². The van der Waals surface area contributed by atoms with Crippen LogP contribution in [0.4, 0.5) is 0 Å². The van der Waals surface area contributed by atoms with E-state index in [0.29, 0.717) is 0 Å². The Morgan fingerprint density at radius 2 is 0.604 bits per heavy atom. The Morgan fingerprint density at radius 1 is 0.292 bits per heavy atom. The summed E-state index contributed by atoms with van der Waals surface area (Å²) in [5.74, 6) is 0. The van der Waals surface area contributed by atoms with Gasteiger partial charge in [0.25, 0.3) is 0 Å². The zero-order chi connectivity index (χ0) is 31.8. The summed E-state index contributed by atoms with van der Waals surface area (Å²) in [7, 11) is 0. The van der Waals surface area contributed by atoms with Crippen LogP contribution in [-0.4, -0.2) is 0 Å². The van der Waals surface area contributed by atoms with Crippen LogP contribution in [0.15, 0.2) is 36.4 Å². The predicted molar refractivity (Wildman–Crippen MR) is 209 cm³/mol. The molecular formula is C48H36. The molecule has 0 saturated heterocycles. The quantitative estimate of drug-likeness (QED) is 0.118. The van der Waals surface area contributed by atoms with E-state index in [1.165, 1.54) is 104 Å². The van der Waals surface area contributed by atoms with E-state index < -0.39 is 0 Å². The van der Waals surface area contributed by atoms with Crippen LogP contribution >= 0.6 is 0 Å². The van der Waals surface area contributed by atoms with Gasteiger partial charge in [-0.15, -0.1) is 0 Å². The molecule has 10 aromatic rings.